The number of halogens is 1. The Morgan fingerprint density at radius 3 is 2.67 bits per heavy atom. The van der Waals surface area contributed by atoms with Crippen molar-refractivity contribution >= 4 is 61.9 Å². The zero-order chi connectivity index (χ0) is 19.7. The number of ether oxygens (including phenoxy) is 1. The molecule has 1 fully saturated rings. The van der Waals surface area contributed by atoms with E-state index in [4.69, 9.17) is 17.0 Å². The predicted octanol–water partition coefficient (Wildman–Crippen LogP) is 5.58. The number of amides is 1. The second-order valence-corrected chi connectivity index (χ2v) is 8.59. The van der Waals surface area contributed by atoms with E-state index in [1.807, 2.05) is 39.0 Å². The van der Waals surface area contributed by atoms with Gasteiger partial charge in [-0.15, -0.1) is 0 Å². The smallest absolute Gasteiger partial charge is 0.270 e. The number of benzene rings is 2. The van der Waals surface area contributed by atoms with Crippen LogP contribution in [0.3, 0.4) is 0 Å². The molecule has 0 spiro atoms. The number of aryl methyl sites for hydroxylation is 2. The number of aromatic hydroxyl groups is 1. The maximum atomic E-state index is 13.0. The fraction of sp³-hybridized carbons (Fsp3) is 0.200. The number of nitrogens with zero attached hydrogens (tertiary/aromatic N) is 1. The summed E-state index contributed by atoms with van der Waals surface area (Å²) in [6.07, 6.45) is 1.76. The first-order chi connectivity index (χ1) is 12.8. The van der Waals surface area contributed by atoms with Crippen molar-refractivity contribution in [2.24, 2.45) is 0 Å². The Kier molecular flexibility index (Phi) is 5.93. The van der Waals surface area contributed by atoms with E-state index in [1.54, 1.807) is 23.1 Å². The first-order valence-corrected chi connectivity index (χ1v) is 10.3. The lowest BCUT2D eigenvalue weighted by Gasteiger charge is -2.16. The molecular weight excluding hydrogens is 446 g/mol. The lowest BCUT2D eigenvalue weighted by atomic mass is 10.1. The van der Waals surface area contributed by atoms with Crippen LogP contribution in [0.4, 0.5) is 5.69 Å². The van der Waals surface area contributed by atoms with Crippen LogP contribution in [0, 0.1) is 13.8 Å². The van der Waals surface area contributed by atoms with Crippen molar-refractivity contribution in [1.29, 1.82) is 0 Å². The largest absolute Gasteiger partial charge is 0.504 e. The average Bonchev–Trinajstić information content (AvgIpc) is 2.88. The molecule has 1 amide bonds. The molecule has 2 aromatic rings. The third-order valence-electron chi connectivity index (χ3n) is 4.21. The van der Waals surface area contributed by atoms with Crippen molar-refractivity contribution in [1.82, 2.24) is 0 Å². The highest BCUT2D eigenvalue weighted by Gasteiger charge is 2.33. The van der Waals surface area contributed by atoms with Gasteiger partial charge in [0.15, 0.2) is 15.8 Å². The topological polar surface area (TPSA) is 49.8 Å². The number of thioether (sulfide) groups is 1. The highest BCUT2D eigenvalue weighted by molar-refractivity contribution is 9.10. The van der Waals surface area contributed by atoms with Crippen LogP contribution in [0.15, 0.2) is 39.7 Å². The number of phenolic OH excluding ortho intramolecular Hbond substituents is 1. The summed E-state index contributed by atoms with van der Waals surface area (Å²) in [6.45, 7) is 6.32. The minimum Gasteiger partial charge on any atom is -0.504 e. The van der Waals surface area contributed by atoms with Gasteiger partial charge >= 0.3 is 0 Å². The van der Waals surface area contributed by atoms with Crippen molar-refractivity contribution in [2.75, 3.05) is 11.5 Å². The Morgan fingerprint density at radius 1 is 1.26 bits per heavy atom. The number of carbonyl (C=O) groups is 1. The number of hydrogen-bond donors (Lipinski definition) is 1. The Bertz CT molecular complexity index is 972. The second kappa shape index (κ2) is 8.04. The molecule has 3 rings (SSSR count). The van der Waals surface area contributed by atoms with Crippen LogP contribution in [0.2, 0.25) is 0 Å². The SMILES string of the molecule is CCOc1cc(/C=C2/SC(=S)N(c3ccc(C)c(C)c3)C2=O)c(Br)cc1O. The van der Waals surface area contributed by atoms with E-state index in [0.717, 1.165) is 22.4 Å². The Morgan fingerprint density at radius 2 is 2.00 bits per heavy atom. The molecule has 140 valence electrons. The van der Waals surface area contributed by atoms with Crippen molar-refractivity contribution < 1.29 is 14.6 Å². The van der Waals surface area contributed by atoms with E-state index in [9.17, 15) is 9.90 Å². The fourth-order valence-electron chi connectivity index (χ4n) is 2.64. The summed E-state index contributed by atoms with van der Waals surface area (Å²) in [4.78, 5) is 15.0. The van der Waals surface area contributed by atoms with E-state index in [-0.39, 0.29) is 11.7 Å². The summed E-state index contributed by atoms with van der Waals surface area (Å²) < 4.78 is 6.59. The van der Waals surface area contributed by atoms with E-state index in [0.29, 0.717) is 26.1 Å². The minimum atomic E-state index is -0.161. The highest BCUT2D eigenvalue weighted by Crippen LogP contribution is 2.39. The Labute approximate surface area is 176 Å². The number of phenols is 1. The lowest BCUT2D eigenvalue weighted by molar-refractivity contribution is -0.113. The number of hydrogen-bond acceptors (Lipinski definition) is 5. The number of rotatable bonds is 4. The zero-order valence-corrected chi connectivity index (χ0v) is 18.3. The molecule has 0 aliphatic carbocycles. The molecule has 7 heteroatoms. The van der Waals surface area contributed by atoms with E-state index in [2.05, 4.69) is 15.9 Å². The average molecular weight is 464 g/mol. The van der Waals surface area contributed by atoms with Crippen molar-refractivity contribution in [2.45, 2.75) is 20.8 Å². The summed E-state index contributed by atoms with van der Waals surface area (Å²) in [5, 5.41) is 9.96. The van der Waals surface area contributed by atoms with Gasteiger partial charge in [-0.25, -0.2) is 0 Å². The summed E-state index contributed by atoms with van der Waals surface area (Å²) in [5.74, 6) is 0.256. The molecule has 0 saturated carbocycles. The second-order valence-electron chi connectivity index (χ2n) is 6.06. The van der Waals surface area contributed by atoms with Crippen LogP contribution < -0.4 is 9.64 Å². The minimum absolute atomic E-state index is 0.0450. The van der Waals surface area contributed by atoms with Crippen LogP contribution in [0.1, 0.15) is 23.6 Å². The van der Waals surface area contributed by atoms with Gasteiger partial charge in [0.2, 0.25) is 0 Å². The van der Waals surface area contributed by atoms with E-state index < -0.39 is 0 Å². The summed E-state index contributed by atoms with van der Waals surface area (Å²) in [5.41, 5.74) is 3.77. The van der Waals surface area contributed by atoms with Gasteiger partial charge in [-0.2, -0.15) is 0 Å². The van der Waals surface area contributed by atoms with Crippen LogP contribution in [-0.2, 0) is 4.79 Å². The Balaban J connectivity index is 1.97. The Hall–Kier alpha value is -1.83. The summed E-state index contributed by atoms with van der Waals surface area (Å²) >= 11 is 10.1. The van der Waals surface area contributed by atoms with Gasteiger partial charge in [0, 0.05) is 4.47 Å². The molecule has 2 aromatic carbocycles. The van der Waals surface area contributed by atoms with Gasteiger partial charge in [-0.05, 0) is 67.8 Å². The fourth-order valence-corrected chi connectivity index (χ4v) is 4.37. The van der Waals surface area contributed by atoms with Crippen LogP contribution in [-0.4, -0.2) is 21.9 Å². The van der Waals surface area contributed by atoms with Crippen LogP contribution >= 0.6 is 39.9 Å². The molecule has 0 unspecified atom stereocenters. The zero-order valence-electron chi connectivity index (χ0n) is 15.1. The monoisotopic (exact) mass is 463 g/mol. The molecule has 1 N–H and O–H groups in total. The van der Waals surface area contributed by atoms with Gasteiger partial charge in [-0.3, -0.25) is 9.69 Å². The quantitative estimate of drug-likeness (QED) is 0.473. The standard InChI is InChI=1S/C20H18BrNO3S2/c1-4-25-17-8-13(15(21)10-16(17)23)9-18-19(24)22(20(26)27-18)14-6-5-11(2)12(3)7-14/h5-10,23H,4H2,1-3H3/b18-9+. The molecular formula is C20H18BrNO3S2. The maximum Gasteiger partial charge on any atom is 0.270 e. The van der Waals surface area contributed by atoms with Gasteiger partial charge in [-0.1, -0.05) is 46.0 Å². The van der Waals surface area contributed by atoms with Crippen molar-refractivity contribution in [3.05, 3.63) is 56.4 Å². The molecule has 1 heterocycles. The third-order valence-corrected chi connectivity index (χ3v) is 6.20. The van der Waals surface area contributed by atoms with E-state index in [1.165, 1.54) is 11.8 Å². The first kappa shape index (κ1) is 19.9. The van der Waals surface area contributed by atoms with Gasteiger partial charge in [0.05, 0.1) is 17.2 Å². The molecule has 0 radical (unpaired) electrons. The first-order valence-electron chi connectivity index (χ1n) is 8.32. The van der Waals surface area contributed by atoms with Gasteiger partial charge < -0.3 is 9.84 Å². The molecule has 0 bridgehead atoms. The van der Waals surface area contributed by atoms with Crippen LogP contribution in [0.5, 0.6) is 11.5 Å². The predicted molar refractivity (Wildman–Crippen MR) is 119 cm³/mol. The molecule has 1 aliphatic rings. The third kappa shape index (κ3) is 4.05. The molecule has 0 atom stereocenters. The normalized spacial score (nSPS) is 15.7. The van der Waals surface area contributed by atoms with Crippen LogP contribution in [0.25, 0.3) is 6.08 Å². The van der Waals surface area contributed by atoms with Crippen molar-refractivity contribution in [3.63, 3.8) is 0 Å². The maximum absolute atomic E-state index is 13.0. The van der Waals surface area contributed by atoms with E-state index >= 15 is 0 Å². The summed E-state index contributed by atoms with van der Waals surface area (Å²) in [7, 11) is 0. The molecule has 1 aliphatic heterocycles. The van der Waals surface area contributed by atoms with Gasteiger partial charge in [0.25, 0.3) is 5.91 Å². The number of carbonyl (C=O) groups excluding carboxylic acids is 1. The number of thiocarbonyl (C=S) groups is 1. The number of anilines is 1. The van der Waals surface area contributed by atoms with Crippen molar-refractivity contribution in [3.8, 4) is 11.5 Å². The summed E-state index contributed by atoms with van der Waals surface area (Å²) in [6, 6.07) is 9.11. The molecule has 4 nitrogen and oxygen atoms in total. The molecule has 0 aromatic heterocycles. The highest BCUT2D eigenvalue weighted by atomic mass is 79.9. The lowest BCUT2D eigenvalue weighted by Crippen LogP contribution is -2.27. The van der Waals surface area contributed by atoms with Gasteiger partial charge in [0.1, 0.15) is 0 Å². The molecule has 27 heavy (non-hydrogen) atoms. The molecule has 1 saturated heterocycles.